The minimum atomic E-state index is -0.166. The van der Waals surface area contributed by atoms with E-state index in [0.29, 0.717) is 0 Å². The van der Waals surface area contributed by atoms with Gasteiger partial charge < -0.3 is 5.32 Å². The van der Waals surface area contributed by atoms with Crippen LogP contribution >= 0.6 is 0 Å². The summed E-state index contributed by atoms with van der Waals surface area (Å²) in [6, 6.07) is 13.9. The molecule has 1 N–H and O–H groups in total. The summed E-state index contributed by atoms with van der Waals surface area (Å²) in [6.45, 7) is 7.20. The topological polar surface area (TPSA) is 12.0 Å². The maximum Gasteiger partial charge on any atom is 0.123 e. The highest BCUT2D eigenvalue weighted by molar-refractivity contribution is 5.32. The quantitative estimate of drug-likeness (QED) is 0.809. The smallest absolute Gasteiger partial charge is 0.123 e. The number of rotatable bonds is 6. The summed E-state index contributed by atoms with van der Waals surface area (Å²) in [5.41, 5.74) is 4.77. The Labute approximate surface area is 127 Å². The Morgan fingerprint density at radius 2 is 1.76 bits per heavy atom. The van der Waals surface area contributed by atoms with Crippen molar-refractivity contribution in [2.45, 2.75) is 39.7 Å². The Hall–Kier alpha value is -1.67. The summed E-state index contributed by atoms with van der Waals surface area (Å²) >= 11 is 0. The first-order chi connectivity index (χ1) is 10.1. The monoisotopic (exact) mass is 285 g/mol. The van der Waals surface area contributed by atoms with Gasteiger partial charge in [-0.25, -0.2) is 4.39 Å². The van der Waals surface area contributed by atoms with E-state index >= 15 is 0 Å². The SMILES string of the molecule is CCCNC(Cc1ccc(C)cc1)c1ccc(F)cc1C. The lowest BCUT2D eigenvalue weighted by molar-refractivity contribution is 0.525. The molecule has 1 atom stereocenters. The summed E-state index contributed by atoms with van der Waals surface area (Å²) < 4.78 is 13.3. The minimum Gasteiger partial charge on any atom is -0.310 e. The predicted octanol–water partition coefficient (Wildman–Crippen LogP) is 4.73. The van der Waals surface area contributed by atoms with Gasteiger partial charge in [0.25, 0.3) is 0 Å². The fourth-order valence-corrected chi connectivity index (χ4v) is 2.60. The molecular formula is C19H24FN. The molecule has 0 fully saturated rings. The number of benzene rings is 2. The molecule has 2 aromatic carbocycles. The van der Waals surface area contributed by atoms with Gasteiger partial charge in [0.05, 0.1) is 0 Å². The molecule has 0 saturated carbocycles. The molecule has 2 heteroatoms. The van der Waals surface area contributed by atoms with Crippen LogP contribution in [0.5, 0.6) is 0 Å². The van der Waals surface area contributed by atoms with Gasteiger partial charge in [-0.3, -0.25) is 0 Å². The molecule has 0 aliphatic carbocycles. The lowest BCUT2D eigenvalue weighted by atomic mass is 9.95. The van der Waals surface area contributed by atoms with Crippen LogP contribution in [0.25, 0.3) is 0 Å². The molecule has 2 aromatic rings. The van der Waals surface area contributed by atoms with Crippen molar-refractivity contribution in [2.75, 3.05) is 6.54 Å². The molecule has 0 bridgehead atoms. The molecule has 1 unspecified atom stereocenters. The van der Waals surface area contributed by atoms with Crippen molar-refractivity contribution in [3.05, 3.63) is 70.5 Å². The van der Waals surface area contributed by atoms with Crippen molar-refractivity contribution in [3.8, 4) is 0 Å². The van der Waals surface area contributed by atoms with Crippen LogP contribution in [0, 0.1) is 19.7 Å². The van der Waals surface area contributed by atoms with Crippen LogP contribution in [-0.4, -0.2) is 6.54 Å². The Morgan fingerprint density at radius 1 is 1.05 bits per heavy atom. The molecule has 0 aromatic heterocycles. The third-order valence-electron chi connectivity index (χ3n) is 3.81. The molecule has 0 radical (unpaired) electrons. The molecule has 0 saturated heterocycles. The number of nitrogens with one attached hydrogen (secondary N) is 1. The van der Waals surface area contributed by atoms with E-state index in [4.69, 9.17) is 0 Å². The third kappa shape index (κ3) is 4.40. The normalized spacial score (nSPS) is 12.4. The maximum absolute atomic E-state index is 13.3. The zero-order valence-corrected chi connectivity index (χ0v) is 13.1. The van der Waals surface area contributed by atoms with Gasteiger partial charge in [-0.05, 0) is 62.1 Å². The first-order valence-corrected chi connectivity index (χ1v) is 7.65. The highest BCUT2D eigenvalue weighted by Gasteiger charge is 2.14. The molecule has 2 rings (SSSR count). The summed E-state index contributed by atoms with van der Waals surface area (Å²) in [5, 5.41) is 3.59. The van der Waals surface area contributed by atoms with E-state index in [1.807, 2.05) is 13.0 Å². The van der Waals surface area contributed by atoms with E-state index in [-0.39, 0.29) is 11.9 Å². The van der Waals surface area contributed by atoms with Crippen LogP contribution in [0.4, 0.5) is 4.39 Å². The second-order valence-electron chi connectivity index (χ2n) is 5.70. The van der Waals surface area contributed by atoms with Crippen LogP contribution in [0.2, 0.25) is 0 Å². The van der Waals surface area contributed by atoms with Gasteiger partial charge in [0.1, 0.15) is 5.82 Å². The van der Waals surface area contributed by atoms with Crippen molar-refractivity contribution in [3.63, 3.8) is 0 Å². The van der Waals surface area contributed by atoms with Crippen molar-refractivity contribution in [1.82, 2.24) is 5.32 Å². The Kier molecular flexibility index (Phi) is 5.51. The number of halogens is 1. The first kappa shape index (κ1) is 15.7. The Balaban J connectivity index is 2.22. The first-order valence-electron chi connectivity index (χ1n) is 7.65. The molecule has 0 aliphatic heterocycles. The molecule has 0 spiro atoms. The highest BCUT2D eigenvalue weighted by atomic mass is 19.1. The number of hydrogen-bond acceptors (Lipinski definition) is 1. The van der Waals surface area contributed by atoms with Crippen LogP contribution in [0.15, 0.2) is 42.5 Å². The molecule has 1 nitrogen and oxygen atoms in total. The Bertz CT molecular complexity index is 575. The highest BCUT2D eigenvalue weighted by Crippen LogP contribution is 2.23. The molecule has 0 heterocycles. The molecule has 0 aliphatic rings. The van der Waals surface area contributed by atoms with Gasteiger partial charge in [-0.1, -0.05) is 42.8 Å². The fourth-order valence-electron chi connectivity index (χ4n) is 2.60. The van der Waals surface area contributed by atoms with E-state index in [2.05, 4.69) is 43.4 Å². The van der Waals surface area contributed by atoms with Crippen molar-refractivity contribution in [1.29, 1.82) is 0 Å². The van der Waals surface area contributed by atoms with Gasteiger partial charge in [0, 0.05) is 6.04 Å². The van der Waals surface area contributed by atoms with Crippen molar-refractivity contribution in [2.24, 2.45) is 0 Å². The third-order valence-corrected chi connectivity index (χ3v) is 3.81. The van der Waals surface area contributed by atoms with Crippen molar-refractivity contribution >= 4 is 0 Å². The van der Waals surface area contributed by atoms with Gasteiger partial charge in [0.2, 0.25) is 0 Å². The van der Waals surface area contributed by atoms with Crippen LogP contribution in [0.1, 0.15) is 41.6 Å². The second-order valence-corrected chi connectivity index (χ2v) is 5.70. The average molecular weight is 285 g/mol. The van der Waals surface area contributed by atoms with E-state index < -0.39 is 0 Å². The van der Waals surface area contributed by atoms with E-state index in [1.165, 1.54) is 16.7 Å². The Morgan fingerprint density at radius 3 is 2.38 bits per heavy atom. The summed E-state index contributed by atoms with van der Waals surface area (Å²) in [7, 11) is 0. The maximum atomic E-state index is 13.3. The molecule has 0 amide bonds. The van der Waals surface area contributed by atoms with Crippen LogP contribution in [0.3, 0.4) is 0 Å². The van der Waals surface area contributed by atoms with Gasteiger partial charge in [-0.2, -0.15) is 0 Å². The van der Waals surface area contributed by atoms with Gasteiger partial charge in [-0.15, -0.1) is 0 Å². The zero-order valence-electron chi connectivity index (χ0n) is 13.1. The summed E-state index contributed by atoms with van der Waals surface area (Å²) in [6.07, 6.45) is 2.01. The van der Waals surface area contributed by atoms with E-state index in [0.717, 1.165) is 24.9 Å². The number of hydrogen-bond donors (Lipinski definition) is 1. The number of aryl methyl sites for hydroxylation is 2. The fraction of sp³-hybridized carbons (Fsp3) is 0.368. The van der Waals surface area contributed by atoms with Gasteiger partial charge in [0.15, 0.2) is 0 Å². The molecular weight excluding hydrogens is 261 g/mol. The van der Waals surface area contributed by atoms with Crippen LogP contribution < -0.4 is 5.32 Å². The lowest BCUT2D eigenvalue weighted by Crippen LogP contribution is -2.24. The molecule has 112 valence electrons. The van der Waals surface area contributed by atoms with Crippen molar-refractivity contribution < 1.29 is 4.39 Å². The second kappa shape index (κ2) is 7.37. The molecule has 21 heavy (non-hydrogen) atoms. The largest absolute Gasteiger partial charge is 0.310 e. The van der Waals surface area contributed by atoms with E-state index in [1.54, 1.807) is 12.1 Å². The predicted molar refractivity (Wildman–Crippen MR) is 87.1 cm³/mol. The summed E-state index contributed by atoms with van der Waals surface area (Å²) in [4.78, 5) is 0. The van der Waals surface area contributed by atoms with E-state index in [9.17, 15) is 4.39 Å². The van der Waals surface area contributed by atoms with Crippen LogP contribution in [-0.2, 0) is 6.42 Å². The lowest BCUT2D eigenvalue weighted by Gasteiger charge is -2.21. The standard InChI is InChI=1S/C19H24FN/c1-4-11-21-19(13-16-7-5-14(2)6-8-16)18-10-9-17(20)12-15(18)3/h5-10,12,19,21H,4,11,13H2,1-3H3. The summed E-state index contributed by atoms with van der Waals surface area (Å²) in [5.74, 6) is -0.166. The minimum absolute atomic E-state index is 0.166. The average Bonchev–Trinajstić information content (AvgIpc) is 2.46. The van der Waals surface area contributed by atoms with Gasteiger partial charge >= 0.3 is 0 Å². The zero-order chi connectivity index (χ0) is 15.2.